The van der Waals surface area contributed by atoms with Crippen LogP contribution in [0.3, 0.4) is 0 Å². The molecule has 2 heterocycles. The van der Waals surface area contributed by atoms with Gasteiger partial charge in [0, 0.05) is 35.7 Å². The maximum Gasteiger partial charge on any atom is 0.238 e. The summed E-state index contributed by atoms with van der Waals surface area (Å²) in [6.45, 7) is 6.13. The summed E-state index contributed by atoms with van der Waals surface area (Å²) in [6.07, 6.45) is 2.10. The molecule has 1 atom stereocenters. The lowest BCUT2D eigenvalue weighted by atomic mass is 10.00. The molecule has 28 heavy (non-hydrogen) atoms. The Hall–Kier alpha value is -2.56. The highest BCUT2D eigenvalue weighted by molar-refractivity contribution is 6.30. The van der Waals surface area contributed by atoms with Gasteiger partial charge in [-0.05, 0) is 66.9 Å². The molecule has 4 rings (SSSR count). The van der Waals surface area contributed by atoms with Gasteiger partial charge in [0.25, 0.3) is 0 Å². The first kappa shape index (κ1) is 18.8. The van der Waals surface area contributed by atoms with Crippen molar-refractivity contribution in [1.82, 2.24) is 9.47 Å². The number of nitrogens with zero attached hydrogens (tertiary/aromatic N) is 2. The minimum absolute atomic E-state index is 0.00436. The van der Waals surface area contributed by atoms with Gasteiger partial charge in [-0.2, -0.15) is 0 Å². The van der Waals surface area contributed by atoms with Gasteiger partial charge in [0.2, 0.25) is 5.91 Å². The summed E-state index contributed by atoms with van der Waals surface area (Å²) in [6, 6.07) is 18.1. The number of halogens is 1. The van der Waals surface area contributed by atoms with Crippen LogP contribution in [0.4, 0.5) is 5.69 Å². The average molecular weight is 394 g/mol. The minimum atomic E-state index is -0.00436. The summed E-state index contributed by atoms with van der Waals surface area (Å²) in [5, 5.41) is 3.75. The van der Waals surface area contributed by atoms with Gasteiger partial charge in [0.1, 0.15) is 0 Å². The van der Waals surface area contributed by atoms with Gasteiger partial charge in [-0.1, -0.05) is 29.8 Å². The van der Waals surface area contributed by atoms with Crippen LogP contribution in [0.1, 0.15) is 28.4 Å². The number of carbonyl (C=O) groups is 1. The third-order valence-electron chi connectivity index (χ3n) is 5.44. The van der Waals surface area contributed by atoms with Crippen molar-refractivity contribution in [3.05, 3.63) is 88.2 Å². The number of aryl methyl sites for hydroxylation is 2. The number of fused-ring (bicyclic) bond motifs is 1. The van der Waals surface area contributed by atoms with Crippen molar-refractivity contribution in [1.29, 1.82) is 0 Å². The zero-order chi connectivity index (χ0) is 19.7. The smallest absolute Gasteiger partial charge is 0.238 e. The van der Waals surface area contributed by atoms with Crippen LogP contribution in [0.5, 0.6) is 0 Å². The fraction of sp³-hybridized carbons (Fsp3) is 0.261. The highest BCUT2D eigenvalue weighted by Crippen LogP contribution is 2.33. The maximum absolute atomic E-state index is 12.8. The van der Waals surface area contributed by atoms with E-state index >= 15 is 0 Å². The molecule has 0 unspecified atom stereocenters. The lowest BCUT2D eigenvalue weighted by Gasteiger charge is -2.37. The normalized spacial score (nSPS) is 16.6. The fourth-order valence-electron chi connectivity index (χ4n) is 3.86. The van der Waals surface area contributed by atoms with Crippen molar-refractivity contribution in [2.24, 2.45) is 0 Å². The molecule has 0 radical (unpaired) electrons. The van der Waals surface area contributed by atoms with E-state index in [4.69, 9.17) is 11.6 Å². The van der Waals surface area contributed by atoms with Gasteiger partial charge in [0.15, 0.2) is 0 Å². The number of benzene rings is 2. The van der Waals surface area contributed by atoms with E-state index in [0.29, 0.717) is 11.6 Å². The predicted octanol–water partition coefficient (Wildman–Crippen LogP) is 4.80. The Bertz CT molecular complexity index is 1010. The number of carbonyl (C=O) groups excluding carboxylic acids is 1. The highest BCUT2D eigenvalue weighted by Gasteiger charge is 2.30. The van der Waals surface area contributed by atoms with Gasteiger partial charge >= 0.3 is 0 Å². The summed E-state index contributed by atoms with van der Waals surface area (Å²) >= 11 is 6.25. The molecule has 0 aliphatic carbocycles. The first-order valence-corrected chi connectivity index (χ1v) is 9.91. The van der Waals surface area contributed by atoms with E-state index in [9.17, 15) is 4.79 Å². The van der Waals surface area contributed by atoms with Crippen LogP contribution < -0.4 is 5.32 Å². The van der Waals surface area contributed by atoms with Crippen LogP contribution in [-0.4, -0.2) is 28.5 Å². The molecule has 1 N–H and O–H groups in total. The number of hydrogen-bond donors (Lipinski definition) is 1. The lowest BCUT2D eigenvalue weighted by Crippen LogP contribution is -2.42. The topological polar surface area (TPSA) is 37.3 Å². The van der Waals surface area contributed by atoms with Crippen molar-refractivity contribution in [3.8, 4) is 0 Å². The monoisotopic (exact) mass is 393 g/mol. The Balaban J connectivity index is 1.57. The highest BCUT2D eigenvalue weighted by atomic mass is 35.5. The minimum Gasteiger partial charge on any atom is -0.348 e. The van der Waals surface area contributed by atoms with Gasteiger partial charge in [-0.25, -0.2) is 0 Å². The molecule has 5 heteroatoms. The second-order valence-electron chi connectivity index (χ2n) is 7.40. The van der Waals surface area contributed by atoms with Gasteiger partial charge in [-0.15, -0.1) is 0 Å². The first-order chi connectivity index (χ1) is 13.5. The van der Waals surface area contributed by atoms with Crippen LogP contribution >= 0.6 is 11.6 Å². The molecule has 1 aromatic heterocycles. The Morgan fingerprint density at radius 1 is 1.07 bits per heavy atom. The van der Waals surface area contributed by atoms with Gasteiger partial charge in [0.05, 0.1) is 12.6 Å². The molecule has 0 saturated heterocycles. The molecule has 0 bridgehead atoms. The zero-order valence-electron chi connectivity index (χ0n) is 16.2. The summed E-state index contributed by atoms with van der Waals surface area (Å²) < 4.78 is 2.25. The van der Waals surface area contributed by atoms with Crippen molar-refractivity contribution < 1.29 is 4.79 Å². The lowest BCUT2D eigenvalue weighted by molar-refractivity contribution is -0.117. The van der Waals surface area contributed by atoms with Crippen molar-refractivity contribution in [2.45, 2.75) is 26.4 Å². The van der Waals surface area contributed by atoms with Crippen molar-refractivity contribution >= 4 is 23.2 Å². The van der Waals surface area contributed by atoms with E-state index in [1.54, 1.807) is 0 Å². The Morgan fingerprint density at radius 2 is 1.93 bits per heavy atom. The largest absolute Gasteiger partial charge is 0.348 e. The Morgan fingerprint density at radius 3 is 2.71 bits per heavy atom. The van der Waals surface area contributed by atoms with Gasteiger partial charge in [-0.3, -0.25) is 9.69 Å². The maximum atomic E-state index is 12.8. The molecule has 1 aliphatic rings. The summed E-state index contributed by atoms with van der Waals surface area (Å²) in [7, 11) is 0. The molecule has 1 amide bonds. The van der Waals surface area contributed by atoms with E-state index in [-0.39, 0.29) is 11.9 Å². The first-order valence-electron chi connectivity index (χ1n) is 9.53. The number of aromatic nitrogens is 1. The SMILES string of the molecule is Cc1ccc(NC(=O)CN2CCn3cccc3[C@H]2c2cccc(Cl)c2)cc1C. The molecular weight excluding hydrogens is 370 g/mol. The van der Waals surface area contributed by atoms with E-state index in [1.807, 2.05) is 36.4 Å². The van der Waals surface area contributed by atoms with E-state index < -0.39 is 0 Å². The summed E-state index contributed by atoms with van der Waals surface area (Å²) in [5.74, 6) is -0.00436. The fourth-order valence-corrected chi connectivity index (χ4v) is 4.06. The van der Waals surface area contributed by atoms with Gasteiger partial charge < -0.3 is 9.88 Å². The Kier molecular flexibility index (Phi) is 5.25. The summed E-state index contributed by atoms with van der Waals surface area (Å²) in [4.78, 5) is 15.0. The van der Waals surface area contributed by atoms with Crippen LogP contribution in [-0.2, 0) is 11.3 Å². The molecule has 0 saturated carbocycles. The molecule has 4 nitrogen and oxygen atoms in total. The van der Waals surface area contributed by atoms with E-state index in [0.717, 1.165) is 24.3 Å². The van der Waals surface area contributed by atoms with E-state index in [1.165, 1.54) is 16.8 Å². The number of nitrogens with one attached hydrogen (secondary N) is 1. The summed E-state index contributed by atoms with van der Waals surface area (Å²) in [5.41, 5.74) is 5.52. The third-order valence-corrected chi connectivity index (χ3v) is 5.67. The third kappa shape index (κ3) is 3.84. The molecule has 2 aromatic carbocycles. The standard InChI is InChI=1S/C23H24ClN3O/c1-16-8-9-20(13-17(16)2)25-22(28)15-27-12-11-26-10-4-7-21(26)23(27)18-5-3-6-19(24)14-18/h3-10,13-14,23H,11-12,15H2,1-2H3,(H,25,28)/t23-/m1/s1. The van der Waals surface area contributed by atoms with Crippen molar-refractivity contribution in [2.75, 3.05) is 18.4 Å². The van der Waals surface area contributed by atoms with Crippen LogP contribution in [0.15, 0.2) is 60.8 Å². The number of amides is 1. The Labute approximate surface area is 170 Å². The van der Waals surface area contributed by atoms with Crippen LogP contribution in [0, 0.1) is 13.8 Å². The second kappa shape index (κ2) is 7.82. The van der Waals surface area contributed by atoms with Crippen molar-refractivity contribution in [3.63, 3.8) is 0 Å². The predicted molar refractivity (Wildman–Crippen MR) is 114 cm³/mol. The number of hydrogen-bond acceptors (Lipinski definition) is 2. The molecule has 0 fully saturated rings. The average Bonchev–Trinajstić information content (AvgIpc) is 3.13. The molecule has 0 spiro atoms. The number of rotatable bonds is 4. The van der Waals surface area contributed by atoms with E-state index in [2.05, 4.69) is 53.0 Å². The quantitative estimate of drug-likeness (QED) is 0.691. The number of anilines is 1. The zero-order valence-corrected chi connectivity index (χ0v) is 16.9. The van der Waals surface area contributed by atoms with Crippen LogP contribution in [0.25, 0.3) is 0 Å². The van der Waals surface area contributed by atoms with Crippen LogP contribution in [0.2, 0.25) is 5.02 Å². The molecular formula is C23H24ClN3O. The second-order valence-corrected chi connectivity index (χ2v) is 7.84. The molecule has 3 aromatic rings. The molecule has 144 valence electrons. The molecule has 1 aliphatic heterocycles.